The van der Waals surface area contributed by atoms with Gasteiger partial charge in [-0.1, -0.05) is 74.5 Å². The molecule has 0 N–H and O–H groups in total. The molecule has 0 amide bonds. The molecule has 1 aliphatic heterocycles. The number of benzene rings is 2. The third kappa shape index (κ3) is 2.93. The third-order valence-corrected chi connectivity index (χ3v) is 5.48. The minimum atomic E-state index is -1.07. The molecule has 0 aromatic heterocycles. The molecule has 1 heterocycles. The van der Waals surface area contributed by atoms with Crippen molar-refractivity contribution >= 4 is 11.8 Å². The van der Waals surface area contributed by atoms with Gasteiger partial charge < -0.3 is 9.47 Å². The quantitative estimate of drug-likeness (QED) is 0.738. The Morgan fingerprint density at radius 1 is 0.964 bits per heavy atom. The van der Waals surface area contributed by atoms with E-state index in [-0.39, 0.29) is 11.2 Å². The van der Waals surface area contributed by atoms with E-state index in [1.807, 2.05) is 60.7 Å². The third-order valence-electron chi connectivity index (χ3n) is 5.48. The fraction of sp³-hybridized carbons (Fsp3) is 0.333. The van der Waals surface area contributed by atoms with Crippen molar-refractivity contribution in [3.8, 4) is 0 Å². The molecule has 2 aromatic carbocycles. The molecule has 0 radical (unpaired) electrons. The number of ketones is 1. The van der Waals surface area contributed by atoms with E-state index in [4.69, 9.17) is 9.47 Å². The number of rotatable bonds is 3. The van der Waals surface area contributed by atoms with E-state index in [0.29, 0.717) is 24.2 Å². The molecule has 0 bridgehead atoms. The topological polar surface area (TPSA) is 52.6 Å². The molecule has 0 saturated carbocycles. The SMILES string of the molecule is CC(=O)OC1C2=C(CC(C)(C)CC2=O)OC1(c1ccccc1)c1ccccc1. The van der Waals surface area contributed by atoms with Crippen LogP contribution >= 0.6 is 0 Å². The van der Waals surface area contributed by atoms with E-state index >= 15 is 0 Å². The Labute approximate surface area is 165 Å². The molecule has 144 valence electrons. The van der Waals surface area contributed by atoms with E-state index < -0.39 is 17.7 Å². The maximum absolute atomic E-state index is 13.1. The summed E-state index contributed by atoms with van der Waals surface area (Å²) in [7, 11) is 0. The van der Waals surface area contributed by atoms with Crippen LogP contribution in [0.25, 0.3) is 0 Å². The van der Waals surface area contributed by atoms with Crippen LogP contribution < -0.4 is 0 Å². The van der Waals surface area contributed by atoms with E-state index in [2.05, 4.69) is 13.8 Å². The van der Waals surface area contributed by atoms with Crippen molar-refractivity contribution in [2.24, 2.45) is 5.41 Å². The first-order chi connectivity index (χ1) is 13.3. The van der Waals surface area contributed by atoms with Crippen LogP contribution in [0, 0.1) is 5.41 Å². The van der Waals surface area contributed by atoms with Gasteiger partial charge in [-0.2, -0.15) is 0 Å². The van der Waals surface area contributed by atoms with Crippen molar-refractivity contribution in [3.05, 3.63) is 83.1 Å². The Morgan fingerprint density at radius 2 is 1.50 bits per heavy atom. The van der Waals surface area contributed by atoms with Crippen molar-refractivity contribution in [2.75, 3.05) is 0 Å². The summed E-state index contributed by atoms with van der Waals surface area (Å²) in [6.45, 7) is 5.49. The minimum Gasteiger partial charge on any atom is -0.477 e. The predicted octanol–water partition coefficient (Wildman–Crippen LogP) is 4.54. The van der Waals surface area contributed by atoms with Gasteiger partial charge in [-0.15, -0.1) is 0 Å². The number of carbonyl (C=O) groups excluding carboxylic acids is 2. The fourth-order valence-electron chi connectivity index (χ4n) is 4.38. The maximum atomic E-state index is 13.1. The van der Waals surface area contributed by atoms with E-state index in [0.717, 1.165) is 11.1 Å². The fourth-order valence-corrected chi connectivity index (χ4v) is 4.38. The van der Waals surface area contributed by atoms with Gasteiger partial charge in [0.05, 0.1) is 5.57 Å². The summed E-state index contributed by atoms with van der Waals surface area (Å²) in [5, 5.41) is 0. The summed E-state index contributed by atoms with van der Waals surface area (Å²) in [5.41, 5.74) is 0.942. The van der Waals surface area contributed by atoms with E-state index in [9.17, 15) is 9.59 Å². The normalized spacial score (nSPS) is 22.4. The van der Waals surface area contributed by atoms with Crippen molar-refractivity contribution < 1.29 is 19.1 Å². The molecule has 1 atom stereocenters. The summed E-state index contributed by atoms with van der Waals surface area (Å²) >= 11 is 0. The summed E-state index contributed by atoms with van der Waals surface area (Å²) in [6.07, 6.45) is 0.230. The van der Waals surface area contributed by atoms with E-state index in [1.54, 1.807) is 0 Å². The number of carbonyl (C=O) groups is 2. The number of allylic oxidation sites excluding steroid dienone is 1. The van der Waals surface area contributed by atoms with Crippen LogP contribution in [-0.4, -0.2) is 17.9 Å². The average Bonchev–Trinajstić information content (AvgIpc) is 2.96. The van der Waals surface area contributed by atoms with Crippen LogP contribution in [0.3, 0.4) is 0 Å². The van der Waals surface area contributed by atoms with Gasteiger partial charge in [0.2, 0.25) is 0 Å². The highest BCUT2D eigenvalue weighted by Gasteiger charge is 2.58. The lowest BCUT2D eigenvalue weighted by Gasteiger charge is -2.36. The van der Waals surface area contributed by atoms with Gasteiger partial charge in [0.25, 0.3) is 0 Å². The molecule has 1 unspecified atom stereocenters. The van der Waals surface area contributed by atoms with Gasteiger partial charge in [0.1, 0.15) is 5.76 Å². The second-order valence-electron chi connectivity index (χ2n) is 8.34. The van der Waals surface area contributed by atoms with Crippen LogP contribution in [0.5, 0.6) is 0 Å². The summed E-state index contributed by atoms with van der Waals surface area (Å²) in [4.78, 5) is 25.2. The number of hydrogen-bond donors (Lipinski definition) is 0. The van der Waals surface area contributed by atoms with Crippen molar-refractivity contribution in [2.45, 2.75) is 45.3 Å². The Bertz CT molecular complexity index is 902. The lowest BCUT2D eigenvalue weighted by atomic mass is 9.73. The molecule has 0 fully saturated rings. The molecule has 0 saturated heterocycles. The largest absolute Gasteiger partial charge is 0.477 e. The molecule has 4 nitrogen and oxygen atoms in total. The van der Waals surface area contributed by atoms with Crippen LogP contribution in [0.1, 0.15) is 44.7 Å². The van der Waals surface area contributed by atoms with Gasteiger partial charge in [0, 0.05) is 30.9 Å². The molecule has 0 spiro atoms. The predicted molar refractivity (Wildman–Crippen MR) is 105 cm³/mol. The summed E-state index contributed by atoms with van der Waals surface area (Å²) < 4.78 is 12.4. The zero-order chi connectivity index (χ0) is 19.9. The lowest BCUT2D eigenvalue weighted by molar-refractivity contribution is -0.153. The Morgan fingerprint density at radius 3 is 2.00 bits per heavy atom. The zero-order valence-corrected chi connectivity index (χ0v) is 16.4. The summed E-state index contributed by atoms with van der Waals surface area (Å²) in [6, 6.07) is 19.4. The smallest absolute Gasteiger partial charge is 0.303 e. The number of ether oxygens (including phenoxy) is 2. The van der Waals surface area contributed by atoms with Crippen LogP contribution in [0.15, 0.2) is 72.0 Å². The van der Waals surface area contributed by atoms with Gasteiger partial charge >= 0.3 is 5.97 Å². The average molecular weight is 376 g/mol. The molecule has 28 heavy (non-hydrogen) atoms. The monoisotopic (exact) mass is 376 g/mol. The molecule has 2 aliphatic rings. The van der Waals surface area contributed by atoms with Crippen molar-refractivity contribution in [3.63, 3.8) is 0 Å². The van der Waals surface area contributed by atoms with Crippen LogP contribution in [-0.2, 0) is 24.7 Å². The minimum absolute atomic E-state index is 0.00811. The second-order valence-corrected chi connectivity index (χ2v) is 8.34. The number of hydrogen-bond acceptors (Lipinski definition) is 4. The van der Waals surface area contributed by atoms with Gasteiger partial charge in [-0.25, -0.2) is 0 Å². The van der Waals surface area contributed by atoms with Crippen LogP contribution in [0.2, 0.25) is 0 Å². The zero-order valence-electron chi connectivity index (χ0n) is 16.4. The molecule has 1 aliphatic carbocycles. The highest BCUT2D eigenvalue weighted by Crippen LogP contribution is 2.53. The Kier molecular flexibility index (Phi) is 4.37. The highest BCUT2D eigenvalue weighted by molar-refractivity contribution is 5.99. The molecule has 4 heteroatoms. The summed E-state index contributed by atoms with van der Waals surface area (Å²) in [5.74, 6) is 0.197. The van der Waals surface area contributed by atoms with Crippen molar-refractivity contribution in [1.82, 2.24) is 0 Å². The first kappa shape index (κ1) is 18.5. The standard InChI is InChI=1S/C24H24O4/c1-16(25)27-22-21-19(26)14-23(2,3)15-20(21)28-24(22,17-10-6-4-7-11-17)18-12-8-5-9-13-18/h4-13,22H,14-15H2,1-3H3. The van der Waals surface area contributed by atoms with Gasteiger partial charge in [0.15, 0.2) is 17.5 Å². The highest BCUT2D eigenvalue weighted by atomic mass is 16.6. The first-order valence-corrected chi connectivity index (χ1v) is 9.57. The van der Waals surface area contributed by atoms with Gasteiger partial charge in [-0.3, -0.25) is 9.59 Å². The Hall–Kier alpha value is -2.88. The number of Topliss-reactive ketones (excluding diaryl/α,β-unsaturated/α-hetero) is 1. The molecular weight excluding hydrogens is 352 g/mol. The molecule has 4 rings (SSSR count). The van der Waals surface area contributed by atoms with Crippen molar-refractivity contribution in [1.29, 1.82) is 0 Å². The van der Waals surface area contributed by atoms with E-state index in [1.165, 1.54) is 6.92 Å². The Balaban J connectivity index is 1.96. The second kappa shape index (κ2) is 6.62. The van der Waals surface area contributed by atoms with Gasteiger partial charge in [-0.05, 0) is 5.41 Å². The maximum Gasteiger partial charge on any atom is 0.303 e. The molecular formula is C24H24O4. The first-order valence-electron chi connectivity index (χ1n) is 9.57. The molecule has 2 aromatic rings. The lowest BCUT2D eigenvalue weighted by Crippen LogP contribution is -2.43. The van der Waals surface area contributed by atoms with Crippen LogP contribution in [0.4, 0.5) is 0 Å². The number of esters is 1.